The van der Waals surface area contributed by atoms with Gasteiger partial charge in [-0.3, -0.25) is 9.36 Å². The molecule has 0 aliphatic rings. The number of aromatic nitrogens is 2. The summed E-state index contributed by atoms with van der Waals surface area (Å²) in [4.78, 5) is 32.7. The smallest absolute Gasteiger partial charge is 0.322 e. The molecule has 7 heteroatoms. The van der Waals surface area contributed by atoms with Crippen molar-refractivity contribution >= 4 is 22.6 Å². The lowest BCUT2D eigenvalue weighted by molar-refractivity contribution is 0.187. The number of nitrogens with one attached hydrogen (secondary N) is 1. The number of urea groups is 1. The normalized spacial score (nSPS) is 11.9. The van der Waals surface area contributed by atoms with Crippen LogP contribution in [-0.2, 0) is 7.05 Å². The predicted octanol–water partition coefficient (Wildman–Crippen LogP) is 5.12. The molecule has 0 radical (unpaired) electrons. The number of unbranched alkanes of at least 4 members (excludes halogenated alkanes) is 3. The zero-order valence-electron chi connectivity index (χ0n) is 19.3. The lowest BCUT2D eigenvalue weighted by Gasteiger charge is -2.30. The maximum atomic E-state index is 13.3. The Morgan fingerprint density at radius 1 is 1.16 bits per heavy atom. The van der Waals surface area contributed by atoms with Gasteiger partial charge in [0.2, 0.25) is 0 Å². The summed E-state index contributed by atoms with van der Waals surface area (Å²) in [7, 11) is 3.30. The summed E-state index contributed by atoms with van der Waals surface area (Å²) < 4.78 is 6.81. The van der Waals surface area contributed by atoms with Gasteiger partial charge >= 0.3 is 6.03 Å². The molecule has 32 heavy (non-hydrogen) atoms. The summed E-state index contributed by atoms with van der Waals surface area (Å²) in [6.45, 7) is 4.64. The molecule has 0 bridgehead atoms. The Morgan fingerprint density at radius 2 is 1.94 bits per heavy atom. The molecule has 0 saturated carbocycles. The molecule has 2 aromatic carbocycles. The van der Waals surface area contributed by atoms with Crippen molar-refractivity contribution in [3.8, 4) is 5.75 Å². The summed E-state index contributed by atoms with van der Waals surface area (Å²) in [5.74, 6) is 1.23. The number of hydrogen-bond donors (Lipinski definition) is 1. The van der Waals surface area contributed by atoms with Gasteiger partial charge in [0, 0.05) is 25.3 Å². The second kappa shape index (κ2) is 10.8. The van der Waals surface area contributed by atoms with E-state index in [0.29, 0.717) is 34.7 Å². The van der Waals surface area contributed by atoms with E-state index in [1.807, 2.05) is 43.3 Å². The van der Waals surface area contributed by atoms with E-state index in [4.69, 9.17) is 9.72 Å². The van der Waals surface area contributed by atoms with Gasteiger partial charge in [0.1, 0.15) is 11.6 Å². The minimum atomic E-state index is -0.385. The number of carbonyl (C=O) groups is 1. The summed E-state index contributed by atoms with van der Waals surface area (Å²) in [6, 6.07) is 13.9. The van der Waals surface area contributed by atoms with Crippen LogP contribution < -0.4 is 15.6 Å². The van der Waals surface area contributed by atoms with Crippen LogP contribution in [0.2, 0.25) is 0 Å². The fourth-order valence-corrected chi connectivity index (χ4v) is 3.82. The second-order valence-electron chi connectivity index (χ2n) is 7.94. The third-order valence-corrected chi connectivity index (χ3v) is 5.69. The molecular weight excluding hydrogens is 404 g/mol. The van der Waals surface area contributed by atoms with Gasteiger partial charge in [-0.05, 0) is 37.6 Å². The Balaban J connectivity index is 1.92. The lowest BCUT2D eigenvalue weighted by Crippen LogP contribution is -2.40. The van der Waals surface area contributed by atoms with Gasteiger partial charge in [0.05, 0.1) is 24.1 Å². The van der Waals surface area contributed by atoms with Gasteiger partial charge < -0.3 is 15.0 Å². The van der Waals surface area contributed by atoms with Gasteiger partial charge in [-0.1, -0.05) is 44.4 Å². The monoisotopic (exact) mass is 436 g/mol. The Bertz CT molecular complexity index is 1130. The van der Waals surface area contributed by atoms with Crippen molar-refractivity contribution in [2.24, 2.45) is 7.05 Å². The molecule has 3 aromatic rings. The van der Waals surface area contributed by atoms with E-state index in [1.54, 1.807) is 35.8 Å². The average molecular weight is 437 g/mol. The Labute approximate surface area is 189 Å². The molecule has 0 fully saturated rings. The van der Waals surface area contributed by atoms with Crippen LogP contribution >= 0.6 is 0 Å². The van der Waals surface area contributed by atoms with Gasteiger partial charge in [-0.15, -0.1) is 0 Å². The molecular formula is C25H32N4O3. The van der Waals surface area contributed by atoms with Gasteiger partial charge in [0.15, 0.2) is 0 Å². The molecule has 7 nitrogen and oxygen atoms in total. The zero-order chi connectivity index (χ0) is 23.1. The summed E-state index contributed by atoms with van der Waals surface area (Å²) >= 11 is 0. The Kier molecular flexibility index (Phi) is 7.87. The van der Waals surface area contributed by atoms with Crippen LogP contribution in [-0.4, -0.2) is 34.1 Å². The van der Waals surface area contributed by atoms with Crippen LogP contribution in [0.15, 0.2) is 53.3 Å². The predicted molar refractivity (Wildman–Crippen MR) is 128 cm³/mol. The highest BCUT2D eigenvalue weighted by Crippen LogP contribution is 2.23. The maximum absolute atomic E-state index is 13.3. The first-order chi connectivity index (χ1) is 15.5. The number of anilines is 1. The van der Waals surface area contributed by atoms with E-state index in [-0.39, 0.29) is 17.6 Å². The van der Waals surface area contributed by atoms with Crippen molar-refractivity contribution in [1.82, 2.24) is 14.5 Å². The quantitative estimate of drug-likeness (QED) is 0.473. The van der Waals surface area contributed by atoms with Gasteiger partial charge in [-0.25, -0.2) is 9.78 Å². The van der Waals surface area contributed by atoms with Crippen molar-refractivity contribution in [2.45, 2.75) is 45.6 Å². The lowest BCUT2D eigenvalue weighted by atomic mass is 10.1. The third kappa shape index (κ3) is 5.28. The molecule has 1 aromatic heterocycles. The van der Waals surface area contributed by atoms with Crippen LogP contribution in [0.25, 0.3) is 10.9 Å². The maximum Gasteiger partial charge on any atom is 0.322 e. The van der Waals surface area contributed by atoms with Crippen LogP contribution in [0.3, 0.4) is 0 Å². The highest BCUT2D eigenvalue weighted by Gasteiger charge is 2.25. The molecule has 3 rings (SSSR count). The molecule has 1 heterocycles. The number of fused-ring (bicyclic) bond motifs is 1. The first-order valence-corrected chi connectivity index (χ1v) is 11.1. The minimum absolute atomic E-state index is 0.114. The summed E-state index contributed by atoms with van der Waals surface area (Å²) in [6.07, 6.45) is 4.15. The second-order valence-corrected chi connectivity index (χ2v) is 7.94. The SMILES string of the molecule is CCCCCCN(C(=O)Nc1cccc(OC)c1)C(C)c1nc2ccccc2c(=O)n1C. The first-order valence-electron chi connectivity index (χ1n) is 11.1. The van der Waals surface area contributed by atoms with Crippen molar-refractivity contribution in [3.63, 3.8) is 0 Å². The molecule has 0 aliphatic heterocycles. The van der Waals surface area contributed by atoms with E-state index >= 15 is 0 Å². The van der Waals surface area contributed by atoms with E-state index < -0.39 is 0 Å². The Morgan fingerprint density at radius 3 is 2.69 bits per heavy atom. The topological polar surface area (TPSA) is 76.5 Å². The standard InChI is InChI=1S/C25H32N4O3/c1-5-6-7-10-16-29(25(31)26-19-12-11-13-20(17-19)32-4)18(2)23-27-22-15-9-8-14-21(22)24(30)28(23)3/h8-9,11-15,17-18H,5-7,10,16H2,1-4H3,(H,26,31). The number of carbonyl (C=O) groups excluding carboxylic acids is 1. The van der Waals surface area contributed by atoms with Gasteiger partial charge in [0.25, 0.3) is 5.56 Å². The number of methoxy groups -OCH3 is 1. The number of hydrogen-bond acceptors (Lipinski definition) is 4. The van der Waals surface area contributed by atoms with E-state index in [1.165, 1.54) is 0 Å². The van der Waals surface area contributed by atoms with Crippen LogP contribution in [0, 0.1) is 0 Å². The molecule has 1 atom stereocenters. The van der Waals surface area contributed by atoms with Crippen LogP contribution in [0.5, 0.6) is 5.75 Å². The summed E-state index contributed by atoms with van der Waals surface area (Å²) in [5, 5.41) is 3.54. The number of rotatable bonds is 9. The molecule has 1 unspecified atom stereocenters. The number of benzene rings is 2. The average Bonchev–Trinajstić information content (AvgIpc) is 2.81. The molecule has 0 spiro atoms. The molecule has 1 N–H and O–H groups in total. The van der Waals surface area contributed by atoms with Crippen molar-refractivity contribution < 1.29 is 9.53 Å². The fraction of sp³-hybridized carbons (Fsp3) is 0.400. The number of nitrogens with zero attached hydrogens (tertiary/aromatic N) is 3. The fourth-order valence-electron chi connectivity index (χ4n) is 3.82. The van der Waals surface area contributed by atoms with Crippen molar-refractivity contribution in [1.29, 1.82) is 0 Å². The molecule has 0 saturated heterocycles. The molecule has 2 amide bonds. The first kappa shape index (κ1) is 23.3. The van der Waals surface area contributed by atoms with E-state index in [0.717, 1.165) is 25.7 Å². The highest BCUT2D eigenvalue weighted by atomic mass is 16.5. The summed E-state index contributed by atoms with van der Waals surface area (Å²) in [5.41, 5.74) is 1.17. The third-order valence-electron chi connectivity index (χ3n) is 5.69. The van der Waals surface area contributed by atoms with Crippen LogP contribution in [0.4, 0.5) is 10.5 Å². The van der Waals surface area contributed by atoms with Crippen molar-refractivity contribution in [3.05, 3.63) is 64.7 Å². The highest BCUT2D eigenvalue weighted by molar-refractivity contribution is 5.89. The zero-order valence-corrected chi connectivity index (χ0v) is 19.3. The Hall–Kier alpha value is -3.35. The molecule has 0 aliphatic carbocycles. The number of amides is 2. The number of para-hydroxylation sites is 1. The van der Waals surface area contributed by atoms with Crippen molar-refractivity contribution in [2.75, 3.05) is 19.0 Å². The van der Waals surface area contributed by atoms with E-state index in [9.17, 15) is 9.59 Å². The van der Waals surface area contributed by atoms with E-state index in [2.05, 4.69) is 12.2 Å². The van der Waals surface area contributed by atoms with Gasteiger partial charge in [-0.2, -0.15) is 0 Å². The molecule has 170 valence electrons. The largest absolute Gasteiger partial charge is 0.497 e. The van der Waals surface area contributed by atoms with Crippen LogP contribution in [0.1, 0.15) is 51.4 Å². The minimum Gasteiger partial charge on any atom is -0.497 e. The number of ether oxygens (including phenoxy) is 1.